The first-order valence-electron chi connectivity index (χ1n) is 8.20. The standard InChI is InChI=1S/C17H17Cl2FN6S/c18-12-9-22-25(10-12)7-2-6-21-17(27)23-16-5-8-26(24-16)11-13-14(19)3-1-4-15(13)20/h1,3-5,8-10H,2,6-7,11H2,(H2,21,23,24,27). The summed E-state index contributed by atoms with van der Waals surface area (Å²) < 4.78 is 17.2. The van der Waals surface area contributed by atoms with Gasteiger partial charge in [0.2, 0.25) is 0 Å². The van der Waals surface area contributed by atoms with E-state index in [9.17, 15) is 4.39 Å². The summed E-state index contributed by atoms with van der Waals surface area (Å²) in [4.78, 5) is 0. The van der Waals surface area contributed by atoms with Crippen molar-refractivity contribution in [1.82, 2.24) is 24.9 Å². The molecule has 0 saturated heterocycles. The molecule has 0 aliphatic rings. The van der Waals surface area contributed by atoms with Gasteiger partial charge in [0.05, 0.1) is 17.8 Å². The molecule has 0 unspecified atom stereocenters. The maximum atomic E-state index is 13.9. The van der Waals surface area contributed by atoms with Crippen molar-refractivity contribution < 1.29 is 4.39 Å². The molecule has 0 radical (unpaired) electrons. The van der Waals surface area contributed by atoms with Crippen molar-refractivity contribution in [2.75, 3.05) is 11.9 Å². The van der Waals surface area contributed by atoms with Crippen LogP contribution in [0, 0.1) is 5.82 Å². The van der Waals surface area contributed by atoms with Gasteiger partial charge in [-0.25, -0.2) is 4.39 Å². The highest BCUT2D eigenvalue weighted by Gasteiger charge is 2.09. The van der Waals surface area contributed by atoms with E-state index in [-0.39, 0.29) is 12.4 Å². The van der Waals surface area contributed by atoms with Crippen LogP contribution in [0.25, 0.3) is 0 Å². The Morgan fingerprint density at radius 3 is 2.81 bits per heavy atom. The van der Waals surface area contributed by atoms with Gasteiger partial charge in [-0.15, -0.1) is 0 Å². The number of hydrogen-bond acceptors (Lipinski definition) is 3. The molecule has 27 heavy (non-hydrogen) atoms. The maximum Gasteiger partial charge on any atom is 0.171 e. The molecule has 2 aromatic heterocycles. The molecule has 0 atom stereocenters. The van der Waals surface area contributed by atoms with Crippen LogP contribution >= 0.6 is 35.4 Å². The van der Waals surface area contributed by atoms with E-state index in [0.717, 1.165) is 13.0 Å². The van der Waals surface area contributed by atoms with Crippen molar-refractivity contribution in [3.63, 3.8) is 0 Å². The molecular weight excluding hydrogens is 410 g/mol. The van der Waals surface area contributed by atoms with Crippen LogP contribution in [0.3, 0.4) is 0 Å². The summed E-state index contributed by atoms with van der Waals surface area (Å²) in [6.45, 7) is 1.65. The Morgan fingerprint density at radius 2 is 2.07 bits per heavy atom. The highest BCUT2D eigenvalue weighted by molar-refractivity contribution is 7.80. The fraction of sp³-hybridized carbons (Fsp3) is 0.235. The quantitative estimate of drug-likeness (QED) is 0.442. The van der Waals surface area contributed by atoms with Gasteiger partial charge in [0.15, 0.2) is 10.9 Å². The fourth-order valence-electron chi connectivity index (χ4n) is 2.43. The number of hydrogen-bond donors (Lipinski definition) is 2. The van der Waals surface area contributed by atoms with Crippen LogP contribution in [0.4, 0.5) is 10.2 Å². The van der Waals surface area contributed by atoms with E-state index in [2.05, 4.69) is 20.8 Å². The number of aromatic nitrogens is 4. The largest absolute Gasteiger partial charge is 0.362 e. The lowest BCUT2D eigenvalue weighted by Gasteiger charge is -2.09. The number of thiocarbonyl (C=S) groups is 1. The molecule has 0 fully saturated rings. The summed E-state index contributed by atoms with van der Waals surface area (Å²) >= 11 is 17.1. The average Bonchev–Trinajstić information content (AvgIpc) is 3.24. The van der Waals surface area contributed by atoms with Crippen molar-refractivity contribution >= 4 is 46.4 Å². The van der Waals surface area contributed by atoms with Gasteiger partial charge in [0.1, 0.15) is 5.82 Å². The molecule has 2 N–H and O–H groups in total. The first kappa shape index (κ1) is 19.6. The van der Waals surface area contributed by atoms with Crippen molar-refractivity contribution in [3.05, 3.63) is 64.3 Å². The molecule has 142 valence electrons. The van der Waals surface area contributed by atoms with Crippen molar-refractivity contribution in [2.24, 2.45) is 0 Å². The molecule has 2 heterocycles. The second kappa shape index (κ2) is 9.16. The van der Waals surface area contributed by atoms with Gasteiger partial charge in [-0.2, -0.15) is 10.2 Å². The van der Waals surface area contributed by atoms with E-state index in [1.165, 1.54) is 6.07 Å². The van der Waals surface area contributed by atoms with Gasteiger partial charge in [-0.1, -0.05) is 29.3 Å². The Hall–Kier alpha value is -2.16. The molecule has 3 aromatic rings. The second-order valence-electron chi connectivity index (χ2n) is 5.75. The van der Waals surface area contributed by atoms with E-state index in [1.54, 1.807) is 46.2 Å². The SMILES string of the molecule is Fc1cccc(Cl)c1Cn1ccc(NC(=S)NCCCn2cc(Cl)cn2)n1. The van der Waals surface area contributed by atoms with Crippen LogP contribution in [0.1, 0.15) is 12.0 Å². The average molecular weight is 427 g/mol. The zero-order chi connectivity index (χ0) is 19.2. The van der Waals surface area contributed by atoms with E-state index < -0.39 is 0 Å². The van der Waals surface area contributed by atoms with E-state index in [0.29, 0.717) is 33.1 Å². The Bertz CT molecular complexity index is 906. The predicted octanol–water partition coefficient (Wildman–Crippen LogP) is 3.95. The number of halogens is 3. The molecule has 0 spiro atoms. The summed E-state index contributed by atoms with van der Waals surface area (Å²) in [7, 11) is 0. The van der Waals surface area contributed by atoms with Crippen LogP contribution in [0.5, 0.6) is 0 Å². The molecule has 3 rings (SSSR count). The minimum absolute atomic E-state index is 0.236. The molecule has 0 saturated carbocycles. The minimum atomic E-state index is -0.358. The van der Waals surface area contributed by atoms with Crippen LogP contribution in [0.2, 0.25) is 10.0 Å². The van der Waals surface area contributed by atoms with Crippen LogP contribution in [-0.2, 0) is 13.1 Å². The molecule has 1 aromatic carbocycles. The zero-order valence-electron chi connectivity index (χ0n) is 14.2. The fourth-order valence-corrected chi connectivity index (χ4v) is 3.01. The van der Waals surface area contributed by atoms with Crippen molar-refractivity contribution in [1.29, 1.82) is 0 Å². The van der Waals surface area contributed by atoms with Crippen LogP contribution < -0.4 is 10.6 Å². The summed E-state index contributed by atoms with van der Waals surface area (Å²) in [5.41, 5.74) is 0.397. The third-order valence-electron chi connectivity index (χ3n) is 3.72. The highest BCUT2D eigenvalue weighted by Crippen LogP contribution is 2.20. The summed E-state index contributed by atoms with van der Waals surface area (Å²) in [5, 5.41) is 16.0. The lowest BCUT2D eigenvalue weighted by Crippen LogP contribution is -2.30. The lowest BCUT2D eigenvalue weighted by molar-refractivity contribution is 0.574. The van der Waals surface area contributed by atoms with Gasteiger partial charge in [-0.05, 0) is 30.8 Å². The number of nitrogens with zero attached hydrogens (tertiary/aromatic N) is 4. The molecule has 6 nitrogen and oxygen atoms in total. The molecular formula is C17H17Cl2FN6S. The topological polar surface area (TPSA) is 59.7 Å². The van der Waals surface area contributed by atoms with E-state index in [4.69, 9.17) is 35.4 Å². The van der Waals surface area contributed by atoms with E-state index in [1.807, 2.05) is 0 Å². The normalized spacial score (nSPS) is 10.8. The molecule has 0 bridgehead atoms. The Kier molecular flexibility index (Phi) is 6.65. The summed E-state index contributed by atoms with van der Waals surface area (Å²) in [6, 6.07) is 6.36. The van der Waals surface area contributed by atoms with Crippen LogP contribution in [-0.4, -0.2) is 31.2 Å². The van der Waals surface area contributed by atoms with Gasteiger partial charge >= 0.3 is 0 Å². The highest BCUT2D eigenvalue weighted by atomic mass is 35.5. The lowest BCUT2D eigenvalue weighted by atomic mass is 10.2. The third kappa shape index (κ3) is 5.66. The van der Waals surface area contributed by atoms with Gasteiger partial charge < -0.3 is 10.6 Å². The monoisotopic (exact) mass is 426 g/mol. The van der Waals surface area contributed by atoms with E-state index >= 15 is 0 Å². The maximum absolute atomic E-state index is 13.9. The second-order valence-corrected chi connectivity index (χ2v) is 7.01. The van der Waals surface area contributed by atoms with Gasteiger partial charge in [0.25, 0.3) is 0 Å². The Balaban J connectivity index is 1.45. The number of nitrogens with one attached hydrogen (secondary N) is 2. The zero-order valence-corrected chi connectivity index (χ0v) is 16.5. The predicted molar refractivity (Wildman–Crippen MR) is 109 cm³/mol. The number of aryl methyl sites for hydroxylation is 1. The van der Waals surface area contributed by atoms with Gasteiger partial charge in [0, 0.05) is 42.1 Å². The third-order valence-corrected chi connectivity index (χ3v) is 4.51. The van der Waals surface area contributed by atoms with Crippen molar-refractivity contribution in [2.45, 2.75) is 19.5 Å². The summed E-state index contributed by atoms with van der Waals surface area (Å²) in [5.74, 6) is 0.210. The van der Waals surface area contributed by atoms with Gasteiger partial charge in [-0.3, -0.25) is 9.36 Å². The van der Waals surface area contributed by atoms with Crippen molar-refractivity contribution in [3.8, 4) is 0 Å². The van der Waals surface area contributed by atoms with Crippen LogP contribution in [0.15, 0.2) is 42.9 Å². The summed E-state index contributed by atoms with van der Waals surface area (Å²) in [6.07, 6.45) is 5.94. The molecule has 0 amide bonds. The number of benzene rings is 1. The number of rotatable bonds is 7. The minimum Gasteiger partial charge on any atom is -0.362 e. The smallest absolute Gasteiger partial charge is 0.171 e. The molecule has 0 aliphatic carbocycles. The first-order chi connectivity index (χ1) is 13.0. The Labute approximate surface area is 171 Å². The molecule has 0 aliphatic heterocycles. The Morgan fingerprint density at radius 1 is 1.22 bits per heavy atom. The first-order valence-corrected chi connectivity index (χ1v) is 9.37. The molecule has 10 heteroatoms. The number of anilines is 1.